The summed E-state index contributed by atoms with van der Waals surface area (Å²) >= 11 is 0. The molecule has 21 heavy (non-hydrogen) atoms. The van der Waals surface area contributed by atoms with Crippen LogP contribution >= 0.6 is 0 Å². The van der Waals surface area contributed by atoms with E-state index in [-0.39, 0.29) is 12.5 Å². The lowest BCUT2D eigenvalue weighted by Crippen LogP contribution is -2.94. The minimum absolute atomic E-state index is 0.00226. The molecule has 4 heterocycles. The standard InChI is InChI=1S/C11H17N3O7/c12-8-13-1-3-5-9(18,2-15)6-4(16)10(3,14-8)7(17)11(19,20-5)21-6/h3-7,15-19H,1-2H2,(H3,12,13,14)/t3-,4?,5+,6+,7-,9-,10?,11-/m0/s1. The molecule has 1 aliphatic carbocycles. The Labute approximate surface area is 118 Å². The van der Waals surface area contributed by atoms with E-state index >= 15 is 0 Å². The first-order valence-corrected chi connectivity index (χ1v) is 6.65. The predicted octanol–water partition coefficient (Wildman–Crippen LogP) is -4.84. The number of aliphatic hydroxyl groups excluding tert-OH is 3. The van der Waals surface area contributed by atoms with E-state index in [0.29, 0.717) is 0 Å². The molecule has 0 aromatic carbocycles. The molecule has 0 amide bonds. The third kappa shape index (κ3) is 1.26. The molecule has 10 heteroatoms. The number of hydrogen-bond donors (Lipinski definition) is 7. The van der Waals surface area contributed by atoms with Gasteiger partial charge in [-0.1, -0.05) is 0 Å². The van der Waals surface area contributed by atoms with E-state index in [9.17, 15) is 25.5 Å². The minimum Gasteiger partial charge on any atom is -0.393 e. The molecule has 1 spiro atoms. The molecule has 0 radical (unpaired) electrons. The van der Waals surface area contributed by atoms with Crippen molar-refractivity contribution in [2.24, 2.45) is 16.6 Å². The summed E-state index contributed by atoms with van der Waals surface area (Å²) in [6.07, 6.45) is -5.49. The minimum atomic E-state index is -2.39. The van der Waals surface area contributed by atoms with E-state index in [0.717, 1.165) is 0 Å². The molecule has 118 valence electrons. The van der Waals surface area contributed by atoms with Gasteiger partial charge in [-0.15, -0.1) is 0 Å². The van der Waals surface area contributed by atoms with Gasteiger partial charge >= 0.3 is 5.97 Å². The molecule has 1 saturated carbocycles. The van der Waals surface area contributed by atoms with Crippen LogP contribution in [-0.2, 0) is 9.47 Å². The summed E-state index contributed by atoms with van der Waals surface area (Å²) in [5, 5.41) is 54.2. The Morgan fingerprint density at radius 2 is 1.95 bits per heavy atom. The van der Waals surface area contributed by atoms with Gasteiger partial charge in [-0.05, 0) is 0 Å². The highest BCUT2D eigenvalue weighted by Gasteiger charge is 2.81. The van der Waals surface area contributed by atoms with Crippen molar-refractivity contribution in [1.29, 1.82) is 0 Å². The van der Waals surface area contributed by atoms with Gasteiger partial charge in [0.15, 0.2) is 12.1 Å². The van der Waals surface area contributed by atoms with Gasteiger partial charge in [0.2, 0.25) is 0 Å². The van der Waals surface area contributed by atoms with E-state index < -0.39 is 54.1 Å². The largest absolute Gasteiger partial charge is 0.393 e. The van der Waals surface area contributed by atoms with Crippen molar-refractivity contribution >= 4 is 5.96 Å². The number of ether oxygens (including phenoxy) is 2. The first-order chi connectivity index (χ1) is 9.79. The van der Waals surface area contributed by atoms with Crippen LogP contribution in [0.3, 0.4) is 0 Å². The van der Waals surface area contributed by atoms with Crippen molar-refractivity contribution in [2.75, 3.05) is 13.2 Å². The summed E-state index contributed by atoms with van der Waals surface area (Å²) in [4.78, 5) is 3.99. The Morgan fingerprint density at radius 3 is 2.62 bits per heavy atom. The smallest absolute Gasteiger partial charge is 0.311 e. The van der Waals surface area contributed by atoms with Gasteiger partial charge in [-0.3, -0.25) is 4.99 Å². The summed E-state index contributed by atoms with van der Waals surface area (Å²) in [5.41, 5.74) is 2.26. The van der Waals surface area contributed by atoms with E-state index in [1.165, 1.54) is 0 Å². The van der Waals surface area contributed by atoms with Crippen LogP contribution in [0, 0.1) is 5.92 Å². The van der Waals surface area contributed by atoms with Crippen LogP contribution in [0.2, 0.25) is 0 Å². The maximum Gasteiger partial charge on any atom is 0.311 e. The quantitative estimate of drug-likeness (QED) is 0.251. The fourth-order valence-corrected chi connectivity index (χ4v) is 4.16. The van der Waals surface area contributed by atoms with Crippen molar-refractivity contribution in [3.05, 3.63) is 0 Å². The van der Waals surface area contributed by atoms with Crippen molar-refractivity contribution in [3.63, 3.8) is 0 Å². The van der Waals surface area contributed by atoms with Crippen LogP contribution in [-0.4, -0.2) is 86.2 Å². The van der Waals surface area contributed by atoms with E-state index in [2.05, 4.69) is 10.3 Å². The third-order valence-corrected chi connectivity index (χ3v) is 5.19. The zero-order chi connectivity index (χ0) is 15.2. The van der Waals surface area contributed by atoms with Gasteiger partial charge in [-0.25, -0.2) is 0 Å². The van der Waals surface area contributed by atoms with Crippen LogP contribution < -0.4 is 11.1 Å². The molecular weight excluding hydrogens is 286 g/mol. The molecule has 0 aromatic heterocycles. The number of nitrogens with two attached hydrogens (primary N) is 1. The molecule has 4 bridgehead atoms. The maximum absolute atomic E-state index is 10.6. The summed E-state index contributed by atoms with van der Waals surface area (Å²) in [6, 6.07) is 0. The molecule has 10 nitrogen and oxygen atoms in total. The summed E-state index contributed by atoms with van der Waals surface area (Å²) in [7, 11) is 0. The molecule has 3 saturated heterocycles. The highest BCUT2D eigenvalue weighted by Crippen LogP contribution is 2.57. The van der Waals surface area contributed by atoms with Gasteiger partial charge in [0.05, 0.1) is 13.2 Å². The third-order valence-electron chi connectivity index (χ3n) is 5.19. The Bertz CT molecular complexity index is 532. The SMILES string of the molecule is NC1=NC[C@H]2[C@H]3O[C@]4(O)O[C@H](C(O)C2(N1)[C@@H]4O)[C@]3(O)CO. The van der Waals surface area contributed by atoms with Crippen molar-refractivity contribution in [1.82, 2.24) is 5.32 Å². The van der Waals surface area contributed by atoms with Crippen LogP contribution in [0.4, 0.5) is 0 Å². The number of hydrogen-bond acceptors (Lipinski definition) is 10. The van der Waals surface area contributed by atoms with Crippen LogP contribution in [0.25, 0.3) is 0 Å². The van der Waals surface area contributed by atoms with Crippen molar-refractivity contribution < 1.29 is 35.0 Å². The number of rotatable bonds is 1. The summed E-state index contributed by atoms with van der Waals surface area (Å²) in [6.45, 7) is -0.680. The summed E-state index contributed by atoms with van der Waals surface area (Å²) in [5.74, 6) is -3.09. The second-order valence-electron chi connectivity index (χ2n) is 6.09. The van der Waals surface area contributed by atoms with Crippen molar-refractivity contribution in [3.8, 4) is 0 Å². The van der Waals surface area contributed by atoms with Gasteiger partial charge < -0.3 is 46.1 Å². The molecule has 5 aliphatic rings. The Hall–Kier alpha value is -1.01. The zero-order valence-corrected chi connectivity index (χ0v) is 10.9. The fourth-order valence-electron chi connectivity index (χ4n) is 4.16. The highest BCUT2D eigenvalue weighted by atomic mass is 16.9. The number of nitrogens with one attached hydrogen (secondary N) is 1. The predicted molar refractivity (Wildman–Crippen MR) is 64.6 cm³/mol. The van der Waals surface area contributed by atoms with Crippen LogP contribution in [0.1, 0.15) is 0 Å². The second kappa shape index (κ2) is 3.66. The molecular formula is C11H17N3O7. The molecule has 2 unspecified atom stereocenters. The summed E-state index contributed by atoms with van der Waals surface area (Å²) < 4.78 is 10.4. The Kier molecular flexibility index (Phi) is 2.38. The lowest BCUT2D eigenvalue weighted by molar-refractivity contribution is -0.544. The molecule has 4 fully saturated rings. The molecule has 0 aromatic rings. The average molecular weight is 303 g/mol. The highest BCUT2D eigenvalue weighted by molar-refractivity contribution is 5.80. The lowest BCUT2D eigenvalue weighted by atomic mass is 9.55. The van der Waals surface area contributed by atoms with Crippen LogP contribution in [0.5, 0.6) is 0 Å². The van der Waals surface area contributed by atoms with Crippen LogP contribution in [0.15, 0.2) is 4.99 Å². The monoisotopic (exact) mass is 303 g/mol. The normalized spacial score (nSPS) is 61.2. The average Bonchev–Trinajstić information content (AvgIpc) is 2.45. The number of nitrogens with zero attached hydrogens (tertiary/aromatic N) is 1. The maximum atomic E-state index is 10.6. The second-order valence-corrected chi connectivity index (χ2v) is 6.09. The molecule has 8 N–H and O–H groups in total. The van der Waals surface area contributed by atoms with E-state index in [1.54, 1.807) is 0 Å². The topological polar surface area (TPSA) is 170 Å². The number of aliphatic imine (C=N–C) groups is 1. The lowest BCUT2D eigenvalue weighted by Gasteiger charge is -2.70. The number of aliphatic hydroxyl groups is 5. The molecule has 8 atom stereocenters. The van der Waals surface area contributed by atoms with Gasteiger partial charge in [-0.2, -0.15) is 0 Å². The first kappa shape index (κ1) is 13.6. The molecule has 4 aliphatic heterocycles. The fraction of sp³-hybridized carbons (Fsp3) is 0.909. The number of guanidine groups is 1. The van der Waals surface area contributed by atoms with Gasteiger partial charge in [0.1, 0.15) is 29.5 Å². The van der Waals surface area contributed by atoms with E-state index in [4.69, 9.17) is 15.2 Å². The van der Waals surface area contributed by atoms with Gasteiger partial charge in [0.25, 0.3) is 0 Å². The molecule has 5 rings (SSSR count). The van der Waals surface area contributed by atoms with Gasteiger partial charge in [0, 0.05) is 5.92 Å². The Balaban J connectivity index is 1.92. The first-order valence-electron chi connectivity index (χ1n) is 6.65. The Morgan fingerprint density at radius 1 is 1.29 bits per heavy atom. The zero-order valence-electron chi connectivity index (χ0n) is 10.9. The van der Waals surface area contributed by atoms with E-state index in [1.807, 2.05) is 0 Å². The van der Waals surface area contributed by atoms with Crippen molar-refractivity contribution in [2.45, 2.75) is 41.5 Å².